The highest BCUT2D eigenvalue weighted by Gasteiger charge is 2.04. The number of hydrogen-bond donors (Lipinski definition) is 1. The first-order chi connectivity index (χ1) is 9.58. The monoisotopic (exact) mass is 305 g/mol. The zero-order chi connectivity index (χ0) is 14.5. The Morgan fingerprint density at radius 1 is 1.05 bits per heavy atom. The zero-order valence-corrected chi connectivity index (χ0v) is 12.8. The molecule has 2 rings (SSSR count). The summed E-state index contributed by atoms with van der Waals surface area (Å²) in [6.07, 6.45) is 4.24. The minimum Gasteiger partial charge on any atom is -0.326 e. The third-order valence-corrected chi connectivity index (χ3v) is 3.64. The molecule has 2 N–H and O–H groups in total. The summed E-state index contributed by atoms with van der Waals surface area (Å²) in [5, 5.41) is 1.33. The molecule has 1 nitrogen and oxygen atoms in total. The molecule has 1 unspecified atom stereocenters. The first-order valence-corrected chi connectivity index (χ1v) is 7.27. The topological polar surface area (TPSA) is 26.0 Å². The molecule has 0 amide bonds. The number of allylic oxidation sites excluding steroid dienone is 1. The summed E-state index contributed by atoms with van der Waals surface area (Å²) in [4.78, 5) is 0. The molecule has 0 aliphatic heterocycles. The fraction of sp³-hybridized carbons (Fsp3) is 0.176. The van der Waals surface area contributed by atoms with Crippen LogP contribution in [0.5, 0.6) is 0 Å². The van der Waals surface area contributed by atoms with Gasteiger partial charge in [-0.05, 0) is 40.8 Å². The quantitative estimate of drug-likeness (QED) is 0.818. The Bertz CT molecular complexity index is 583. The highest BCUT2D eigenvalue weighted by atomic mass is 35.5. The molecule has 0 saturated heterocycles. The molecular weight excluding hydrogens is 289 g/mol. The van der Waals surface area contributed by atoms with Gasteiger partial charge in [0.2, 0.25) is 0 Å². The molecule has 104 valence electrons. The lowest BCUT2D eigenvalue weighted by Gasteiger charge is -2.08. The molecule has 0 saturated carbocycles. The standard InChI is InChI=1S/C17H17Cl2N/c1-12(15-8-16(18)10-17(19)9-15)2-3-13-4-6-14(11-20)7-5-13/h2-10,12H,11,20H2,1H3/b3-2+. The smallest absolute Gasteiger partial charge is 0.0423 e. The summed E-state index contributed by atoms with van der Waals surface area (Å²) < 4.78 is 0. The number of rotatable bonds is 4. The maximum absolute atomic E-state index is 6.02. The van der Waals surface area contributed by atoms with E-state index in [0.717, 1.165) is 16.7 Å². The average molecular weight is 306 g/mol. The van der Waals surface area contributed by atoms with Gasteiger partial charge in [0.15, 0.2) is 0 Å². The van der Waals surface area contributed by atoms with Gasteiger partial charge in [0.25, 0.3) is 0 Å². The van der Waals surface area contributed by atoms with E-state index in [4.69, 9.17) is 28.9 Å². The lowest BCUT2D eigenvalue weighted by Crippen LogP contribution is -1.95. The molecule has 2 aromatic carbocycles. The predicted octanol–water partition coefficient (Wildman–Crippen LogP) is 5.27. The Morgan fingerprint density at radius 3 is 2.20 bits per heavy atom. The maximum atomic E-state index is 6.02. The van der Waals surface area contributed by atoms with Crippen LogP contribution in [0.25, 0.3) is 6.08 Å². The van der Waals surface area contributed by atoms with Gasteiger partial charge in [-0.2, -0.15) is 0 Å². The second-order valence-corrected chi connectivity index (χ2v) is 5.67. The van der Waals surface area contributed by atoms with Gasteiger partial charge in [-0.3, -0.25) is 0 Å². The lowest BCUT2D eigenvalue weighted by molar-refractivity contribution is 0.973. The van der Waals surface area contributed by atoms with Crippen molar-refractivity contribution in [2.24, 2.45) is 5.73 Å². The van der Waals surface area contributed by atoms with Gasteiger partial charge in [-0.15, -0.1) is 0 Å². The van der Waals surface area contributed by atoms with Crippen molar-refractivity contribution in [2.75, 3.05) is 0 Å². The van der Waals surface area contributed by atoms with E-state index in [1.165, 1.54) is 0 Å². The van der Waals surface area contributed by atoms with E-state index in [-0.39, 0.29) is 5.92 Å². The van der Waals surface area contributed by atoms with Crippen molar-refractivity contribution >= 4 is 29.3 Å². The van der Waals surface area contributed by atoms with E-state index in [2.05, 4.69) is 31.2 Å². The molecule has 0 radical (unpaired) electrons. The minimum atomic E-state index is 0.250. The van der Waals surface area contributed by atoms with Crippen LogP contribution < -0.4 is 5.73 Å². The molecule has 0 aliphatic rings. The van der Waals surface area contributed by atoms with Gasteiger partial charge in [0.05, 0.1) is 0 Å². The molecule has 1 atom stereocenters. The molecule has 0 fully saturated rings. The van der Waals surface area contributed by atoms with Crippen LogP contribution in [0, 0.1) is 0 Å². The largest absolute Gasteiger partial charge is 0.326 e. The van der Waals surface area contributed by atoms with E-state index in [1.54, 1.807) is 6.07 Å². The van der Waals surface area contributed by atoms with Crippen LogP contribution in [0.3, 0.4) is 0 Å². The number of benzene rings is 2. The summed E-state index contributed by atoms with van der Waals surface area (Å²) in [6, 6.07) is 13.8. The van der Waals surface area contributed by atoms with Gasteiger partial charge in [-0.1, -0.05) is 66.5 Å². The average Bonchev–Trinajstić information content (AvgIpc) is 2.44. The number of halogens is 2. The normalized spacial score (nSPS) is 12.8. The third-order valence-electron chi connectivity index (χ3n) is 3.20. The van der Waals surface area contributed by atoms with Crippen molar-refractivity contribution in [1.82, 2.24) is 0 Å². The summed E-state index contributed by atoms with van der Waals surface area (Å²) in [5.41, 5.74) is 8.98. The van der Waals surface area contributed by atoms with Crippen molar-refractivity contribution < 1.29 is 0 Å². The van der Waals surface area contributed by atoms with Gasteiger partial charge < -0.3 is 5.73 Å². The molecule has 20 heavy (non-hydrogen) atoms. The number of hydrogen-bond acceptors (Lipinski definition) is 1. The van der Waals surface area contributed by atoms with Crippen molar-refractivity contribution in [3.05, 3.63) is 75.3 Å². The van der Waals surface area contributed by atoms with E-state index in [1.807, 2.05) is 24.3 Å². The van der Waals surface area contributed by atoms with E-state index in [9.17, 15) is 0 Å². The Kier molecular flexibility index (Phi) is 5.24. The van der Waals surface area contributed by atoms with E-state index < -0.39 is 0 Å². The molecule has 0 spiro atoms. The minimum absolute atomic E-state index is 0.250. The second kappa shape index (κ2) is 6.94. The predicted molar refractivity (Wildman–Crippen MR) is 88.2 cm³/mol. The molecule has 3 heteroatoms. The first-order valence-electron chi connectivity index (χ1n) is 6.51. The summed E-state index contributed by atoms with van der Waals surface area (Å²) >= 11 is 12.0. The molecule has 0 heterocycles. The van der Waals surface area contributed by atoms with Crippen LogP contribution in [-0.2, 0) is 6.54 Å². The van der Waals surface area contributed by atoms with Crippen LogP contribution in [0.1, 0.15) is 29.5 Å². The first kappa shape index (κ1) is 15.1. The van der Waals surface area contributed by atoms with Crippen LogP contribution in [0.2, 0.25) is 10.0 Å². The Labute approximate surface area is 130 Å². The third kappa shape index (κ3) is 4.11. The van der Waals surface area contributed by atoms with E-state index >= 15 is 0 Å². The number of nitrogens with two attached hydrogens (primary N) is 1. The van der Waals surface area contributed by atoms with Crippen LogP contribution in [-0.4, -0.2) is 0 Å². The highest BCUT2D eigenvalue weighted by Crippen LogP contribution is 2.25. The van der Waals surface area contributed by atoms with Crippen molar-refractivity contribution in [1.29, 1.82) is 0 Å². The van der Waals surface area contributed by atoms with Gasteiger partial charge in [0.1, 0.15) is 0 Å². The SMILES string of the molecule is CC(/C=C/c1ccc(CN)cc1)c1cc(Cl)cc(Cl)c1. The Hall–Kier alpha value is -1.28. The second-order valence-electron chi connectivity index (χ2n) is 4.80. The maximum Gasteiger partial charge on any atom is 0.0423 e. The van der Waals surface area contributed by atoms with Crippen molar-refractivity contribution in [3.63, 3.8) is 0 Å². The fourth-order valence-electron chi connectivity index (χ4n) is 1.97. The van der Waals surface area contributed by atoms with Crippen molar-refractivity contribution in [3.8, 4) is 0 Å². The lowest BCUT2D eigenvalue weighted by atomic mass is 9.99. The van der Waals surface area contributed by atoms with Crippen molar-refractivity contribution in [2.45, 2.75) is 19.4 Å². The molecule has 0 aromatic heterocycles. The molecule has 0 bridgehead atoms. The fourth-order valence-corrected chi connectivity index (χ4v) is 2.51. The molecule has 2 aromatic rings. The van der Waals surface area contributed by atoms with Gasteiger partial charge in [0, 0.05) is 16.6 Å². The molecule has 0 aliphatic carbocycles. The Morgan fingerprint density at radius 2 is 1.65 bits per heavy atom. The molecular formula is C17H17Cl2N. The van der Waals surface area contributed by atoms with Crippen LogP contribution in [0.15, 0.2) is 48.5 Å². The summed E-state index contributed by atoms with van der Waals surface area (Å²) in [5.74, 6) is 0.250. The summed E-state index contributed by atoms with van der Waals surface area (Å²) in [7, 11) is 0. The highest BCUT2D eigenvalue weighted by molar-refractivity contribution is 6.34. The van der Waals surface area contributed by atoms with Crippen LogP contribution in [0.4, 0.5) is 0 Å². The van der Waals surface area contributed by atoms with E-state index in [0.29, 0.717) is 16.6 Å². The summed E-state index contributed by atoms with van der Waals surface area (Å²) in [6.45, 7) is 2.69. The van der Waals surface area contributed by atoms with Gasteiger partial charge >= 0.3 is 0 Å². The Balaban J connectivity index is 2.13. The van der Waals surface area contributed by atoms with Crippen LogP contribution >= 0.6 is 23.2 Å². The zero-order valence-electron chi connectivity index (χ0n) is 11.3. The van der Waals surface area contributed by atoms with Gasteiger partial charge in [-0.25, -0.2) is 0 Å².